The largest absolute Gasteiger partial charge is 0.399 e. The summed E-state index contributed by atoms with van der Waals surface area (Å²) in [6.45, 7) is 8.09. The fourth-order valence-electron chi connectivity index (χ4n) is 4.60. The third-order valence-electron chi connectivity index (χ3n) is 6.32. The van der Waals surface area contributed by atoms with Crippen molar-refractivity contribution in [2.45, 2.75) is 32.9 Å². The van der Waals surface area contributed by atoms with E-state index >= 15 is 0 Å². The maximum absolute atomic E-state index is 6.09. The van der Waals surface area contributed by atoms with E-state index in [2.05, 4.69) is 66.0 Å². The highest BCUT2D eigenvalue weighted by Gasteiger charge is 2.17. The van der Waals surface area contributed by atoms with E-state index in [0.717, 1.165) is 66.2 Å². The molecule has 1 atom stereocenters. The lowest BCUT2D eigenvalue weighted by Gasteiger charge is -2.22. The molecule has 0 radical (unpaired) electrons. The summed E-state index contributed by atoms with van der Waals surface area (Å²) >= 11 is 0. The first-order chi connectivity index (χ1) is 15.0. The lowest BCUT2D eigenvalue weighted by molar-refractivity contribution is 0.370. The van der Waals surface area contributed by atoms with Gasteiger partial charge in [0.1, 0.15) is 0 Å². The van der Waals surface area contributed by atoms with Gasteiger partial charge in [-0.15, -0.1) is 0 Å². The zero-order valence-electron chi connectivity index (χ0n) is 18.5. The van der Waals surface area contributed by atoms with Gasteiger partial charge in [0, 0.05) is 37.3 Å². The van der Waals surface area contributed by atoms with Crippen molar-refractivity contribution < 1.29 is 0 Å². The summed E-state index contributed by atoms with van der Waals surface area (Å²) in [5, 5.41) is 4.51. The molecule has 1 aromatic heterocycles. The van der Waals surface area contributed by atoms with Gasteiger partial charge in [-0.25, -0.2) is 0 Å². The Morgan fingerprint density at radius 2 is 2.03 bits per heavy atom. The minimum absolute atomic E-state index is 0.0337. The molecule has 2 aromatic carbocycles. The van der Waals surface area contributed by atoms with Crippen molar-refractivity contribution in [2.75, 3.05) is 37.7 Å². The minimum atomic E-state index is -0.0337. The first-order valence-electron chi connectivity index (χ1n) is 11.1. The van der Waals surface area contributed by atoms with Crippen LogP contribution in [0.3, 0.4) is 0 Å². The molecule has 5 rings (SSSR count). The summed E-state index contributed by atoms with van der Waals surface area (Å²) in [6, 6.07) is 12.9. The van der Waals surface area contributed by atoms with E-state index in [1.807, 2.05) is 12.1 Å². The molecule has 2 aliphatic rings. The molecule has 6 nitrogen and oxygen atoms in total. The predicted octanol–water partition coefficient (Wildman–Crippen LogP) is 3.73. The van der Waals surface area contributed by atoms with Crippen LogP contribution in [0.1, 0.15) is 36.1 Å². The minimum Gasteiger partial charge on any atom is -0.399 e. The Hall–Kier alpha value is -3.12. The number of hydrogen-bond acceptors (Lipinski definition) is 5. The Labute approximate surface area is 183 Å². The van der Waals surface area contributed by atoms with Gasteiger partial charge >= 0.3 is 0 Å². The molecule has 0 saturated carbocycles. The highest BCUT2D eigenvalue weighted by atomic mass is 15.2. The SMILES string of the molecule is Cc1cc(N)cc([C@@H](C)N=c2nc3n(c4ccc(C5=CCN(C)CC5)cc24)CCN3)c1. The van der Waals surface area contributed by atoms with Crippen molar-refractivity contribution in [2.24, 2.45) is 4.99 Å². The number of benzene rings is 2. The lowest BCUT2D eigenvalue weighted by Crippen LogP contribution is -2.23. The highest BCUT2D eigenvalue weighted by Crippen LogP contribution is 2.27. The van der Waals surface area contributed by atoms with Crippen molar-refractivity contribution in [3.8, 4) is 0 Å². The molecule has 0 spiro atoms. The van der Waals surface area contributed by atoms with Crippen LogP contribution in [0.4, 0.5) is 11.6 Å². The van der Waals surface area contributed by atoms with Gasteiger partial charge in [-0.3, -0.25) is 4.99 Å². The molecule has 0 aliphatic carbocycles. The van der Waals surface area contributed by atoms with Crippen LogP contribution in [0.5, 0.6) is 0 Å². The Kier molecular flexibility index (Phi) is 5.02. The van der Waals surface area contributed by atoms with Crippen molar-refractivity contribution in [3.05, 3.63) is 64.7 Å². The smallest absolute Gasteiger partial charge is 0.205 e. The van der Waals surface area contributed by atoms with Crippen molar-refractivity contribution >= 4 is 28.1 Å². The number of aromatic nitrogens is 2. The number of hydrogen-bond donors (Lipinski definition) is 2. The monoisotopic (exact) mass is 414 g/mol. The van der Waals surface area contributed by atoms with Gasteiger partial charge < -0.3 is 20.5 Å². The average molecular weight is 415 g/mol. The molecule has 2 aliphatic heterocycles. The first-order valence-corrected chi connectivity index (χ1v) is 11.1. The van der Waals surface area contributed by atoms with Crippen LogP contribution in [0.2, 0.25) is 0 Å². The van der Waals surface area contributed by atoms with E-state index in [4.69, 9.17) is 15.7 Å². The van der Waals surface area contributed by atoms with Crippen LogP contribution in [0.25, 0.3) is 16.5 Å². The summed E-state index contributed by atoms with van der Waals surface area (Å²) in [6.07, 6.45) is 3.41. The molecule has 0 saturated heterocycles. The van der Waals surface area contributed by atoms with Crippen LogP contribution in [-0.2, 0) is 6.54 Å². The number of likely N-dealkylation sites (N-methyl/N-ethyl adjacent to an activating group) is 1. The standard InChI is InChI=1S/C25H30N6/c1-16-12-20(14-21(26)13-16)17(2)28-24-22-15-19(18-6-9-30(3)10-7-18)4-5-23(22)31-11-8-27-25(31)29-24/h4-6,12-15,17H,7-11,26H2,1-3H3,(H,27,28,29)/t17-/m1/s1. The Balaban J connectivity index is 1.66. The van der Waals surface area contributed by atoms with E-state index in [0.29, 0.717) is 0 Å². The van der Waals surface area contributed by atoms with E-state index < -0.39 is 0 Å². The molecule has 3 N–H and O–H groups in total. The van der Waals surface area contributed by atoms with E-state index in [-0.39, 0.29) is 6.04 Å². The van der Waals surface area contributed by atoms with Gasteiger partial charge in [-0.1, -0.05) is 18.2 Å². The number of nitrogens with zero attached hydrogens (tertiary/aromatic N) is 4. The number of fused-ring (bicyclic) bond motifs is 3. The number of anilines is 2. The van der Waals surface area contributed by atoms with Crippen LogP contribution >= 0.6 is 0 Å². The number of nitrogen functional groups attached to an aromatic ring is 1. The molecule has 31 heavy (non-hydrogen) atoms. The van der Waals surface area contributed by atoms with E-state index in [1.165, 1.54) is 16.7 Å². The fraction of sp³-hybridized carbons (Fsp3) is 0.360. The summed E-state index contributed by atoms with van der Waals surface area (Å²) in [5.74, 6) is 0.897. The van der Waals surface area contributed by atoms with Crippen LogP contribution < -0.4 is 16.5 Å². The molecule has 0 unspecified atom stereocenters. The van der Waals surface area contributed by atoms with Gasteiger partial charge in [0.15, 0.2) is 5.49 Å². The fourth-order valence-corrected chi connectivity index (χ4v) is 4.60. The molecule has 3 heterocycles. The maximum atomic E-state index is 6.09. The molecule has 0 amide bonds. The second kappa shape index (κ2) is 7.85. The van der Waals surface area contributed by atoms with Gasteiger partial charge in [-0.05, 0) is 73.8 Å². The van der Waals surface area contributed by atoms with Crippen molar-refractivity contribution in [1.29, 1.82) is 0 Å². The third kappa shape index (κ3) is 3.83. The van der Waals surface area contributed by atoms with Crippen LogP contribution in [0, 0.1) is 6.92 Å². The topological polar surface area (TPSA) is 71.5 Å². The summed E-state index contributed by atoms with van der Waals surface area (Å²) < 4.78 is 2.26. The van der Waals surface area contributed by atoms with Gasteiger partial charge in [0.25, 0.3) is 0 Å². The van der Waals surface area contributed by atoms with E-state index in [1.54, 1.807) is 0 Å². The van der Waals surface area contributed by atoms with Gasteiger partial charge in [-0.2, -0.15) is 4.98 Å². The van der Waals surface area contributed by atoms with Gasteiger partial charge in [0.05, 0.1) is 11.6 Å². The van der Waals surface area contributed by atoms with Crippen molar-refractivity contribution in [1.82, 2.24) is 14.5 Å². The zero-order valence-corrected chi connectivity index (χ0v) is 18.5. The summed E-state index contributed by atoms with van der Waals surface area (Å²) in [4.78, 5) is 12.3. The summed E-state index contributed by atoms with van der Waals surface area (Å²) in [5.41, 5.74) is 13.8. The zero-order chi connectivity index (χ0) is 21.5. The number of nitrogens with one attached hydrogen (secondary N) is 1. The molecular weight excluding hydrogens is 384 g/mol. The van der Waals surface area contributed by atoms with Crippen LogP contribution in [0.15, 0.2) is 47.5 Å². The molecular formula is C25H30N6. The number of rotatable bonds is 3. The maximum Gasteiger partial charge on any atom is 0.205 e. The third-order valence-corrected chi connectivity index (χ3v) is 6.32. The average Bonchev–Trinajstić information content (AvgIpc) is 3.22. The van der Waals surface area contributed by atoms with Gasteiger partial charge in [0.2, 0.25) is 5.95 Å². The molecule has 3 aromatic rings. The first kappa shape index (κ1) is 19.8. The Morgan fingerprint density at radius 1 is 1.16 bits per heavy atom. The Morgan fingerprint density at radius 3 is 2.81 bits per heavy atom. The lowest BCUT2D eigenvalue weighted by atomic mass is 9.98. The molecule has 160 valence electrons. The molecule has 6 heteroatoms. The number of nitrogens with two attached hydrogens (primary N) is 1. The second-order valence-electron chi connectivity index (χ2n) is 8.79. The normalized spacial score (nSPS) is 18.0. The predicted molar refractivity (Wildman–Crippen MR) is 128 cm³/mol. The molecule has 0 fully saturated rings. The Bertz CT molecular complexity index is 1230. The van der Waals surface area contributed by atoms with E-state index in [9.17, 15) is 0 Å². The van der Waals surface area contributed by atoms with Crippen molar-refractivity contribution in [3.63, 3.8) is 0 Å². The molecule has 0 bridgehead atoms. The summed E-state index contributed by atoms with van der Waals surface area (Å²) in [7, 11) is 2.17. The number of aryl methyl sites for hydroxylation is 1. The highest BCUT2D eigenvalue weighted by molar-refractivity contribution is 5.84. The quantitative estimate of drug-likeness (QED) is 0.641. The van der Waals surface area contributed by atoms with Crippen LogP contribution in [-0.4, -0.2) is 41.1 Å². The second-order valence-corrected chi connectivity index (χ2v) is 8.79.